The van der Waals surface area contributed by atoms with Crippen LogP contribution in [0.25, 0.3) is 0 Å². The highest BCUT2D eigenvalue weighted by Crippen LogP contribution is 2.35. The van der Waals surface area contributed by atoms with E-state index in [9.17, 15) is 22.8 Å². The number of piperazine rings is 1. The van der Waals surface area contributed by atoms with E-state index in [4.69, 9.17) is 16.3 Å². The number of anilines is 2. The minimum absolute atomic E-state index is 0.0344. The third-order valence-corrected chi connectivity index (χ3v) is 6.00. The molecule has 3 rings (SSSR count). The van der Waals surface area contributed by atoms with Gasteiger partial charge < -0.3 is 24.6 Å². The van der Waals surface area contributed by atoms with Crippen LogP contribution in [0.1, 0.15) is 38.1 Å². The summed E-state index contributed by atoms with van der Waals surface area (Å²) in [7, 11) is 0. The Balaban J connectivity index is 1.66. The first-order valence-corrected chi connectivity index (χ1v) is 12.1. The zero-order valence-corrected chi connectivity index (χ0v) is 22.3. The second-order valence-electron chi connectivity index (χ2n) is 9.14. The summed E-state index contributed by atoms with van der Waals surface area (Å²) >= 11 is 9.00. The van der Waals surface area contributed by atoms with Crippen molar-refractivity contribution in [1.82, 2.24) is 9.88 Å². The van der Waals surface area contributed by atoms with E-state index in [1.54, 1.807) is 17.0 Å². The molecule has 1 aromatic carbocycles. The Morgan fingerprint density at radius 3 is 2.44 bits per heavy atom. The Hall–Kier alpha value is -2.73. The van der Waals surface area contributed by atoms with E-state index < -0.39 is 23.6 Å². The summed E-state index contributed by atoms with van der Waals surface area (Å²) in [4.78, 5) is 33.1. The van der Waals surface area contributed by atoms with Gasteiger partial charge >= 0.3 is 12.5 Å². The van der Waals surface area contributed by atoms with E-state index in [-0.39, 0.29) is 27.2 Å². The lowest BCUT2D eigenvalue weighted by Gasteiger charge is -2.40. The molecule has 0 saturated carbocycles. The number of hydrogen-bond donors (Lipinski definition) is 1. The molecule has 2 heterocycles. The lowest BCUT2D eigenvalue weighted by molar-refractivity contribution is -0.274. The van der Waals surface area contributed by atoms with Gasteiger partial charge in [0.15, 0.2) is 0 Å². The highest BCUT2D eigenvalue weighted by atomic mass is 79.9. The van der Waals surface area contributed by atoms with Crippen LogP contribution >= 0.6 is 27.5 Å². The van der Waals surface area contributed by atoms with Gasteiger partial charge in [-0.25, -0.2) is 9.78 Å². The fraction of sp³-hybridized carbons (Fsp3) is 0.435. The Labute approximate surface area is 219 Å². The number of amides is 2. The van der Waals surface area contributed by atoms with Crippen molar-refractivity contribution < 1.29 is 32.2 Å². The molecule has 1 aliphatic rings. The number of halogens is 5. The number of nitrogens with zero attached hydrogens (tertiary/aromatic N) is 3. The van der Waals surface area contributed by atoms with Gasteiger partial charge in [0.25, 0.3) is 5.91 Å². The molecule has 196 valence electrons. The van der Waals surface area contributed by atoms with Crippen molar-refractivity contribution in [3.05, 3.63) is 45.5 Å². The van der Waals surface area contributed by atoms with Gasteiger partial charge in [0.2, 0.25) is 0 Å². The molecule has 0 aliphatic carbocycles. The number of pyridine rings is 1. The van der Waals surface area contributed by atoms with Crippen LogP contribution in [0.15, 0.2) is 34.9 Å². The predicted octanol–water partition coefficient (Wildman–Crippen LogP) is 6.09. The number of carbonyl (C=O) groups is 2. The van der Waals surface area contributed by atoms with Crippen LogP contribution in [0.5, 0.6) is 5.75 Å². The first kappa shape index (κ1) is 27.9. The van der Waals surface area contributed by atoms with Crippen LogP contribution in [0, 0.1) is 0 Å². The number of benzene rings is 1. The van der Waals surface area contributed by atoms with Gasteiger partial charge in [-0.2, -0.15) is 0 Å². The van der Waals surface area contributed by atoms with Crippen molar-refractivity contribution in [2.75, 3.05) is 29.9 Å². The van der Waals surface area contributed by atoms with E-state index >= 15 is 0 Å². The van der Waals surface area contributed by atoms with Crippen LogP contribution in [-0.2, 0) is 4.74 Å². The Morgan fingerprint density at radius 2 is 1.89 bits per heavy atom. The molecule has 1 atom stereocenters. The molecule has 2 aromatic rings. The maximum absolute atomic E-state index is 12.7. The zero-order valence-electron chi connectivity index (χ0n) is 19.9. The van der Waals surface area contributed by atoms with E-state index in [0.29, 0.717) is 31.1 Å². The van der Waals surface area contributed by atoms with Crippen LogP contribution < -0.4 is 15.0 Å². The van der Waals surface area contributed by atoms with Gasteiger partial charge in [0, 0.05) is 25.7 Å². The van der Waals surface area contributed by atoms with Gasteiger partial charge in [-0.1, -0.05) is 11.6 Å². The minimum Gasteiger partial charge on any atom is -0.444 e. The van der Waals surface area contributed by atoms with E-state index in [1.165, 1.54) is 6.20 Å². The number of alkyl halides is 3. The zero-order chi connectivity index (χ0) is 26.8. The van der Waals surface area contributed by atoms with Crippen molar-refractivity contribution in [3.8, 4) is 5.75 Å². The van der Waals surface area contributed by atoms with Crippen LogP contribution in [-0.4, -0.2) is 59.5 Å². The fourth-order valence-electron chi connectivity index (χ4n) is 3.52. The fourth-order valence-corrected chi connectivity index (χ4v) is 4.33. The van der Waals surface area contributed by atoms with Crippen molar-refractivity contribution in [2.45, 2.75) is 45.7 Å². The molecule has 1 aromatic heterocycles. The standard InChI is InChI=1S/C23H25BrClF3N4O4/c1-13-12-31(21(34)36-22(2,3)4)7-8-32(13)19-6-5-14(11-29-19)30-20(33)15-9-18(35-23(26,27)28)16(24)10-17(15)25/h5-6,9-11,13H,7-8,12H2,1-4H3,(H,30,33). The molecular weight excluding hydrogens is 569 g/mol. The molecule has 1 unspecified atom stereocenters. The van der Waals surface area contributed by atoms with Gasteiger partial charge in [-0.15, -0.1) is 13.2 Å². The van der Waals surface area contributed by atoms with Gasteiger partial charge in [0.1, 0.15) is 17.2 Å². The van der Waals surface area contributed by atoms with Crippen molar-refractivity contribution >= 4 is 51.0 Å². The van der Waals surface area contributed by atoms with Crippen molar-refractivity contribution in [1.29, 1.82) is 0 Å². The van der Waals surface area contributed by atoms with E-state index in [0.717, 1.165) is 12.1 Å². The maximum atomic E-state index is 12.7. The first-order chi connectivity index (χ1) is 16.6. The summed E-state index contributed by atoms with van der Waals surface area (Å²) in [5.74, 6) is -0.676. The Bertz CT molecular complexity index is 1130. The monoisotopic (exact) mass is 592 g/mol. The molecule has 8 nitrogen and oxygen atoms in total. The Morgan fingerprint density at radius 1 is 1.19 bits per heavy atom. The third kappa shape index (κ3) is 7.39. The molecule has 0 bridgehead atoms. The largest absolute Gasteiger partial charge is 0.573 e. The third-order valence-electron chi connectivity index (χ3n) is 5.07. The van der Waals surface area contributed by atoms with Crippen molar-refractivity contribution in [2.24, 2.45) is 0 Å². The van der Waals surface area contributed by atoms with Gasteiger partial charge in [-0.05, 0) is 67.9 Å². The van der Waals surface area contributed by atoms with Gasteiger partial charge in [-0.3, -0.25) is 4.79 Å². The van der Waals surface area contributed by atoms with E-state index in [2.05, 4.69) is 31.0 Å². The average Bonchev–Trinajstić information content (AvgIpc) is 2.74. The lowest BCUT2D eigenvalue weighted by Crippen LogP contribution is -2.54. The summed E-state index contributed by atoms with van der Waals surface area (Å²) in [6.07, 6.45) is -3.87. The summed E-state index contributed by atoms with van der Waals surface area (Å²) in [6, 6.07) is 5.34. The normalized spacial score (nSPS) is 16.5. The Kier molecular flexibility index (Phi) is 8.29. The number of hydrogen-bond acceptors (Lipinski definition) is 6. The highest BCUT2D eigenvalue weighted by Gasteiger charge is 2.33. The van der Waals surface area contributed by atoms with Crippen LogP contribution in [0.2, 0.25) is 5.02 Å². The summed E-state index contributed by atoms with van der Waals surface area (Å²) in [5, 5.41) is 2.51. The molecule has 1 fully saturated rings. The number of nitrogens with one attached hydrogen (secondary N) is 1. The first-order valence-electron chi connectivity index (χ1n) is 10.9. The summed E-state index contributed by atoms with van der Waals surface area (Å²) in [5.41, 5.74) is -0.455. The molecule has 0 spiro atoms. The van der Waals surface area contributed by atoms with Gasteiger partial charge in [0.05, 0.1) is 26.9 Å². The molecular formula is C23H25BrClF3N4O4. The molecule has 0 radical (unpaired) electrons. The number of aromatic nitrogens is 1. The molecule has 2 amide bonds. The molecule has 36 heavy (non-hydrogen) atoms. The minimum atomic E-state index is -4.93. The average molecular weight is 594 g/mol. The quantitative estimate of drug-likeness (QED) is 0.462. The molecule has 1 N–H and O–H groups in total. The van der Waals surface area contributed by atoms with Crippen LogP contribution in [0.3, 0.4) is 0 Å². The predicted molar refractivity (Wildman–Crippen MR) is 133 cm³/mol. The number of carbonyl (C=O) groups excluding carboxylic acids is 2. The molecule has 1 saturated heterocycles. The number of rotatable bonds is 4. The molecule has 1 aliphatic heterocycles. The molecule has 13 heteroatoms. The maximum Gasteiger partial charge on any atom is 0.573 e. The number of ether oxygens (including phenoxy) is 2. The van der Waals surface area contributed by atoms with Crippen LogP contribution in [0.4, 0.5) is 29.5 Å². The summed E-state index contributed by atoms with van der Waals surface area (Å²) in [6.45, 7) is 8.86. The summed E-state index contributed by atoms with van der Waals surface area (Å²) < 4.78 is 47.2. The smallest absolute Gasteiger partial charge is 0.444 e. The second kappa shape index (κ2) is 10.7. The lowest BCUT2D eigenvalue weighted by atomic mass is 10.2. The SMILES string of the molecule is CC1CN(C(=O)OC(C)(C)C)CCN1c1ccc(NC(=O)c2cc(OC(F)(F)F)c(Br)cc2Cl)cn1. The second-order valence-corrected chi connectivity index (χ2v) is 10.4. The topological polar surface area (TPSA) is 84.0 Å². The van der Waals surface area contributed by atoms with Crippen molar-refractivity contribution in [3.63, 3.8) is 0 Å². The van der Waals surface area contributed by atoms with E-state index in [1.807, 2.05) is 32.6 Å². The highest BCUT2D eigenvalue weighted by molar-refractivity contribution is 9.10.